The summed E-state index contributed by atoms with van der Waals surface area (Å²) in [5, 5.41) is 3.17. The first-order chi connectivity index (χ1) is 9.45. The molecule has 0 aliphatic rings. The number of halogens is 1. The average Bonchev–Trinajstić information content (AvgIpc) is 2.35. The molecule has 0 saturated carbocycles. The third kappa shape index (κ3) is 4.90. The first-order valence-corrected chi connectivity index (χ1v) is 6.76. The third-order valence-corrected chi connectivity index (χ3v) is 2.97. The molecule has 0 radical (unpaired) electrons. The average molecular weight is 282 g/mol. The van der Waals surface area contributed by atoms with Crippen LogP contribution in [-0.4, -0.2) is 44.7 Å². The van der Waals surface area contributed by atoms with E-state index in [-0.39, 0.29) is 11.8 Å². The van der Waals surface area contributed by atoms with E-state index in [1.807, 2.05) is 19.0 Å². The summed E-state index contributed by atoms with van der Waals surface area (Å²) < 4.78 is 18.3. The van der Waals surface area contributed by atoms with Gasteiger partial charge in [0.15, 0.2) is 0 Å². The van der Waals surface area contributed by atoms with E-state index in [4.69, 9.17) is 4.74 Å². The molecule has 0 aromatic heterocycles. The normalized spacial score (nSPS) is 12.5. The lowest BCUT2D eigenvalue weighted by Crippen LogP contribution is -2.35. The predicted octanol–water partition coefficient (Wildman–Crippen LogP) is 1.89. The van der Waals surface area contributed by atoms with Crippen molar-refractivity contribution in [3.63, 3.8) is 0 Å². The molecule has 0 saturated heterocycles. The van der Waals surface area contributed by atoms with Crippen molar-refractivity contribution >= 4 is 5.97 Å². The molecular formula is C15H23FN2O2. The minimum Gasteiger partial charge on any atom is -0.465 e. The fourth-order valence-electron chi connectivity index (χ4n) is 1.94. The fraction of sp³-hybridized carbons (Fsp3) is 0.533. The first kappa shape index (κ1) is 16.6. The van der Waals surface area contributed by atoms with Crippen LogP contribution in [0.2, 0.25) is 0 Å². The molecule has 1 atom stereocenters. The van der Waals surface area contributed by atoms with Crippen molar-refractivity contribution in [2.45, 2.75) is 19.9 Å². The van der Waals surface area contributed by atoms with Crippen molar-refractivity contribution in [3.8, 4) is 0 Å². The molecule has 0 heterocycles. The highest BCUT2D eigenvalue weighted by molar-refractivity contribution is 5.78. The number of nitrogens with zero attached hydrogens (tertiary/aromatic N) is 1. The van der Waals surface area contributed by atoms with Gasteiger partial charge < -0.3 is 9.64 Å². The summed E-state index contributed by atoms with van der Waals surface area (Å²) in [4.78, 5) is 14.1. The van der Waals surface area contributed by atoms with E-state index >= 15 is 0 Å². The van der Waals surface area contributed by atoms with Gasteiger partial charge in [0, 0.05) is 13.1 Å². The van der Waals surface area contributed by atoms with E-state index in [9.17, 15) is 9.18 Å². The van der Waals surface area contributed by atoms with Crippen molar-refractivity contribution in [2.75, 3.05) is 33.8 Å². The highest BCUT2D eigenvalue weighted by Crippen LogP contribution is 2.20. The topological polar surface area (TPSA) is 41.6 Å². The van der Waals surface area contributed by atoms with E-state index in [1.54, 1.807) is 19.9 Å². The largest absolute Gasteiger partial charge is 0.465 e. The number of carbonyl (C=O) groups is 1. The molecule has 0 fully saturated rings. The maximum atomic E-state index is 13.2. The van der Waals surface area contributed by atoms with Crippen LogP contribution in [0.25, 0.3) is 0 Å². The Morgan fingerprint density at radius 2 is 2.15 bits per heavy atom. The van der Waals surface area contributed by atoms with Crippen molar-refractivity contribution in [2.24, 2.45) is 0 Å². The maximum absolute atomic E-state index is 13.2. The number of hydrogen-bond donors (Lipinski definition) is 1. The van der Waals surface area contributed by atoms with Gasteiger partial charge in [0.25, 0.3) is 0 Å². The number of rotatable bonds is 7. The smallest absolute Gasteiger partial charge is 0.327 e. The third-order valence-electron chi connectivity index (χ3n) is 2.97. The van der Waals surface area contributed by atoms with Crippen LogP contribution < -0.4 is 5.32 Å². The molecule has 20 heavy (non-hydrogen) atoms. The van der Waals surface area contributed by atoms with E-state index in [2.05, 4.69) is 5.32 Å². The molecule has 5 heteroatoms. The van der Waals surface area contributed by atoms with Crippen LogP contribution >= 0.6 is 0 Å². The number of esters is 1. The second-order valence-corrected chi connectivity index (χ2v) is 4.94. The molecule has 0 spiro atoms. The Labute approximate surface area is 119 Å². The van der Waals surface area contributed by atoms with Crippen molar-refractivity contribution in [1.82, 2.24) is 10.2 Å². The zero-order valence-corrected chi connectivity index (χ0v) is 12.6. The molecule has 1 rings (SSSR count). The van der Waals surface area contributed by atoms with Crippen molar-refractivity contribution in [3.05, 3.63) is 35.1 Å². The molecule has 1 N–H and O–H groups in total. The molecule has 0 aliphatic heterocycles. The van der Waals surface area contributed by atoms with Crippen LogP contribution in [0, 0.1) is 12.7 Å². The molecule has 1 aromatic carbocycles. The predicted molar refractivity (Wildman–Crippen MR) is 77.1 cm³/mol. The fourth-order valence-corrected chi connectivity index (χ4v) is 1.94. The number of benzene rings is 1. The second-order valence-electron chi connectivity index (χ2n) is 4.94. The minimum atomic E-state index is -0.560. The van der Waals surface area contributed by atoms with Crippen LogP contribution in [0.4, 0.5) is 4.39 Å². The zero-order chi connectivity index (χ0) is 15.1. The number of hydrogen-bond acceptors (Lipinski definition) is 4. The summed E-state index contributed by atoms with van der Waals surface area (Å²) >= 11 is 0. The molecular weight excluding hydrogens is 259 g/mol. The van der Waals surface area contributed by atoms with Gasteiger partial charge in [-0.05, 0) is 51.2 Å². The lowest BCUT2D eigenvalue weighted by molar-refractivity contribution is -0.145. The van der Waals surface area contributed by atoms with Crippen LogP contribution in [-0.2, 0) is 9.53 Å². The number of nitrogens with one attached hydrogen (secondary N) is 1. The van der Waals surface area contributed by atoms with Gasteiger partial charge >= 0.3 is 5.97 Å². The summed E-state index contributed by atoms with van der Waals surface area (Å²) in [5.74, 6) is -0.636. The Morgan fingerprint density at radius 1 is 1.45 bits per heavy atom. The Bertz CT molecular complexity index is 449. The highest BCUT2D eigenvalue weighted by Gasteiger charge is 2.23. The number of likely N-dealkylation sites (N-methyl/N-ethyl adjacent to an activating group) is 1. The zero-order valence-electron chi connectivity index (χ0n) is 12.6. The standard InChI is InChI=1S/C15H23FN2O2/c1-5-20-15(19)14(17-8-9-18(3)4)13-7-6-12(16)10-11(13)2/h6-7,10,14,17H,5,8-9H2,1-4H3. The lowest BCUT2D eigenvalue weighted by atomic mass is 10.0. The molecule has 0 aliphatic carbocycles. The Balaban J connectivity index is 2.88. The van der Waals surface area contributed by atoms with Gasteiger partial charge in [-0.1, -0.05) is 6.07 Å². The van der Waals surface area contributed by atoms with E-state index in [0.717, 1.165) is 17.7 Å². The summed E-state index contributed by atoms with van der Waals surface area (Å²) in [6, 6.07) is 3.86. The van der Waals surface area contributed by atoms with E-state index < -0.39 is 6.04 Å². The van der Waals surface area contributed by atoms with Gasteiger partial charge in [-0.2, -0.15) is 0 Å². The SMILES string of the molecule is CCOC(=O)C(NCCN(C)C)c1ccc(F)cc1C. The Hall–Kier alpha value is -1.46. The van der Waals surface area contributed by atoms with Crippen molar-refractivity contribution < 1.29 is 13.9 Å². The van der Waals surface area contributed by atoms with E-state index in [1.165, 1.54) is 12.1 Å². The molecule has 1 unspecified atom stereocenters. The first-order valence-electron chi connectivity index (χ1n) is 6.76. The Kier molecular flexibility index (Phi) is 6.61. The monoisotopic (exact) mass is 282 g/mol. The summed E-state index contributed by atoms with van der Waals surface area (Å²) in [6.07, 6.45) is 0. The number of ether oxygens (including phenoxy) is 1. The maximum Gasteiger partial charge on any atom is 0.327 e. The minimum absolute atomic E-state index is 0.304. The van der Waals surface area contributed by atoms with E-state index in [0.29, 0.717) is 13.2 Å². The van der Waals surface area contributed by atoms with Gasteiger partial charge in [0.1, 0.15) is 11.9 Å². The van der Waals surface area contributed by atoms with Gasteiger partial charge in [0.2, 0.25) is 0 Å². The molecule has 4 nitrogen and oxygen atoms in total. The lowest BCUT2D eigenvalue weighted by Gasteiger charge is -2.20. The van der Waals surface area contributed by atoms with Crippen LogP contribution in [0.3, 0.4) is 0 Å². The van der Waals surface area contributed by atoms with Crippen LogP contribution in [0.5, 0.6) is 0 Å². The molecule has 0 amide bonds. The second kappa shape index (κ2) is 7.97. The summed E-state index contributed by atoms with van der Waals surface area (Å²) in [6.45, 7) is 5.33. The molecule has 1 aromatic rings. The van der Waals surface area contributed by atoms with Crippen molar-refractivity contribution in [1.29, 1.82) is 0 Å². The van der Waals surface area contributed by atoms with Crippen LogP contribution in [0.1, 0.15) is 24.1 Å². The quantitative estimate of drug-likeness (QED) is 0.776. The summed E-state index contributed by atoms with van der Waals surface area (Å²) in [5.41, 5.74) is 1.49. The molecule has 112 valence electrons. The van der Waals surface area contributed by atoms with Gasteiger partial charge in [-0.15, -0.1) is 0 Å². The number of carbonyl (C=O) groups excluding carboxylic acids is 1. The summed E-state index contributed by atoms with van der Waals surface area (Å²) in [7, 11) is 3.92. The van der Waals surface area contributed by atoms with Gasteiger partial charge in [-0.3, -0.25) is 5.32 Å². The highest BCUT2D eigenvalue weighted by atomic mass is 19.1. The number of aryl methyl sites for hydroxylation is 1. The molecule has 0 bridgehead atoms. The Morgan fingerprint density at radius 3 is 2.70 bits per heavy atom. The van der Waals surface area contributed by atoms with Crippen LogP contribution in [0.15, 0.2) is 18.2 Å². The van der Waals surface area contributed by atoms with Gasteiger partial charge in [0.05, 0.1) is 6.61 Å². The van der Waals surface area contributed by atoms with Gasteiger partial charge in [-0.25, -0.2) is 9.18 Å².